The molecule has 1 aliphatic rings. The van der Waals surface area contributed by atoms with Crippen LogP contribution in [0.5, 0.6) is 0 Å². The number of carbonyl (C=O) groups is 1. The standard InChI is InChI=1S/C17H13ClFN3O3S/c18-12-3-6-15(22(24)25)14(9-12)16(23)21-8-7-20-17(21)26-10-11-1-4-13(19)5-2-11/h1-6,9H,7-8,10H2. The number of halogens is 2. The van der Waals surface area contributed by atoms with Gasteiger partial charge >= 0.3 is 0 Å². The van der Waals surface area contributed by atoms with Gasteiger partial charge in [0.2, 0.25) is 0 Å². The molecule has 26 heavy (non-hydrogen) atoms. The van der Waals surface area contributed by atoms with E-state index in [1.165, 1.54) is 47.0 Å². The van der Waals surface area contributed by atoms with E-state index in [0.717, 1.165) is 5.56 Å². The van der Waals surface area contributed by atoms with Gasteiger partial charge in [-0.1, -0.05) is 35.5 Å². The minimum Gasteiger partial charge on any atom is -0.285 e. The molecule has 0 aromatic heterocycles. The predicted octanol–water partition coefficient (Wildman–Crippen LogP) is 4.13. The van der Waals surface area contributed by atoms with Gasteiger partial charge in [0, 0.05) is 23.4 Å². The summed E-state index contributed by atoms with van der Waals surface area (Å²) in [4.78, 5) is 29.1. The molecule has 1 heterocycles. The summed E-state index contributed by atoms with van der Waals surface area (Å²) in [5, 5.41) is 11.9. The maximum atomic E-state index is 13.0. The third-order valence-electron chi connectivity index (χ3n) is 3.71. The molecule has 0 unspecified atom stereocenters. The maximum absolute atomic E-state index is 13.0. The number of benzene rings is 2. The summed E-state index contributed by atoms with van der Waals surface area (Å²) in [6.07, 6.45) is 0. The van der Waals surface area contributed by atoms with Crippen LogP contribution in [0, 0.1) is 15.9 Å². The van der Waals surface area contributed by atoms with E-state index in [4.69, 9.17) is 11.6 Å². The molecule has 0 aliphatic carbocycles. The summed E-state index contributed by atoms with van der Waals surface area (Å²) in [5.74, 6) is -0.329. The Labute approximate surface area is 157 Å². The largest absolute Gasteiger partial charge is 0.285 e. The first kappa shape index (κ1) is 18.3. The van der Waals surface area contributed by atoms with Crippen LogP contribution in [0.2, 0.25) is 5.02 Å². The van der Waals surface area contributed by atoms with Crippen molar-refractivity contribution in [1.29, 1.82) is 0 Å². The second-order valence-corrected chi connectivity index (χ2v) is 6.83. The molecule has 0 saturated heterocycles. The molecular formula is C17H13ClFN3O3S. The fourth-order valence-corrected chi connectivity index (χ4v) is 3.62. The van der Waals surface area contributed by atoms with E-state index in [9.17, 15) is 19.3 Å². The lowest BCUT2D eigenvalue weighted by molar-refractivity contribution is -0.385. The number of hydrogen-bond donors (Lipinski definition) is 0. The van der Waals surface area contributed by atoms with Gasteiger partial charge in [0.25, 0.3) is 11.6 Å². The minimum absolute atomic E-state index is 0.0699. The van der Waals surface area contributed by atoms with Crippen LogP contribution in [0.3, 0.4) is 0 Å². The molecule has 0 fully saturated rings. The van der Waals surface area contributed by atoms with Gasteiger partial charge in [-0.25, -0.2) is 4.39 Å². The molecular weight excluding hydrogens is 381 g/mol. The van der Waals surface area contributed by atoms with Crippen molar-refractivity contribution in [2.24, 2.45) is 4.99 Å². The second kappa shape index (κ2) is 7.84. The third kappa shape index (κ3) is 4.03. The second-order valence-electron chi connectivity index (χ2n) is 5.45. The molecule has 9 heteroatoms. The van der Waals surface area contributed by atoms with Gasteiger partial charge in [-0.05, 0) is 29.8 Å². The third-order valence-corrected chi connectivity index (χ3v) is 5.03. The van der Waals surface area contributed by atoms with Crippen LogP contribution in [0.4, 0.5) is 10.1 Å². The average molecular weight is 394 g/mol. The number of thioether (sulfide) groups is 1. The van der Waals surface area contributed by atoms with Crippen LogP contribution < -0.4 is 0 Å². The van der Waals surface area contributed by atoms with Crippen LogP contribution in [0.1, 0.15) is 15.9 Å². The van der Waals surface area contributed by atoms with Crippen molar-refractivity contribution in [2.75, 3.05) is 13.1 Å². The Morgan fingerprint density at radius 1 is 1.31 bits per heavy atom. The Kier molecular flexibility index (Phi) is 5.53. The average Bonchev–Trinajstić information content (AvgIpc) is 3.09. The number of nitro benzene ring substituents is 1. The Morgan fingerprint density at radius 2 is 2.04 bits per heavy atom. The van der Waals surface area contributed by atoms with Crippen LogP contribution in [0.15, 0.2) is 47.5 Å². The zero-order valence-electron chi connectivity index (χ0n) is 13.4. The first-order valence-corrected chi connectivity index (χ1v) is 8.99. The molecule has 1 aliphatic heterocycles. The highest BCUT2D eigenvalue weighted by molar-refractivity contribution is 8.13. The molecule has 2 aromatic carbocycles. The molecule has 0 bridgehead atoms. The van der Waals surface area contributed by atoms with Gasteiger partial charge in [-0.3, -0.25) is 24.8 Å². The number of nitro groups is 1. The van der Waals surface area contributed by atoms with E-state index in [2.05, 4.69) is 4.99 Å². The minimum atomic E-state index is -0.609. The van der Waals surface area contributed by atoms with Gasteiger partial charge in [-0.2, -0.15) is 0 Å². The Hall–Kier alpha value is -2.45. The highest BCUT2D eigenvalue weighted by atomic mass is 35.5. The topological polar surface area (TPSA) is 75.8 Å². The molecule has 0 spiro atoms. The number of hydrogen-bond acceptors (Lipinski definition) is 5. The highest BCUT2D eigenvalue weighted by Crippen LogP contribution is 2.27. The fraction of sp³-hybridized carbons (Fsp3) is 0.176. The summed E-state index contributed by atoms with van der Waals surface area (Å²) in [6.45, 7) is 0.764. The maximum Gasteiger partial charge on any atom is 0.282 e. The summed E-state index contributed by atoms with van der Waals surface area (Å²) >= 11 is 7.23. The van der Waals surface area contributed by atoms with Crippen molar-refractivity contribution < 1.29 is 14.1 Å². The number of aliphatic imine (C=N–C) groups is 1. The normalized spacial score (nSPS) is 13.6. The summed E-state index contributed by atoms with van der Waals surface area (Å²) < 4.78 is 13.0. The van der Waals surface area contributed by atoms with Crippen molar-refractivity contribution in [1.82, 2.24) is 4.90 Å². The monoisotopic (exact) mass is 393 g/mol. The summed E-state index contributed by atoms with van der Waals surface area (Å²) in [6, 6.07) is 9.93. The van der Waals surface area contributed by atoms with Gasteiger partial charge < -0.3 is 0 Å². The lowest BCUT2D eigenvalue weighted by Crippen LogP contribution is -2.33. The zero-order valence-corrected chi connectivity index (χ0v) is 15.0. The number of amidine groups is 1. The van der Waals surface area contributed by atoms with Gasteiger partial charge in [0.15, 0.2) is 5.17 Å². The predicted molar refractivity (Wildman–Crippen MR) is 99.1 cm³/mol. The van der Waals surface area contributed by atoms with Gasteiger partial charge in [0.05, 0.1) is 11.5 Å². The quantitative estimate of drug-likeness (QED) is 0.578. The Bertz CT molecular complexity index is 889. The SMILES string of the molecule is O=C(c1cc(Cl)ccc1[N+](=O)[O-])N1CCN=C1SCc1ccc(F)cc1. The molecule has 0 saturated carbocycles. The number of carbonyl (C=O) groups excluding carboxylic acids is 1. The van der Waals surface area contributed by atoms with Crippen molar-refractivity contribution in [2.45, 2.75) is 5.75 Å². The van der Waals surface area contributed by atoms with Crippen molar-refractivity contribution in [3.8, 4) is 0 Å². The van der Waals surface area contributed by atoms with Crippen LogP contribution in [0.25, 0.3) is 0 Å². The summed E-state index contributed by atoms with van der Waals surface area (Å²) in [7, 11) is 0. The van der Waals surface area contributed by atoms with E-state index in [1.807, 2.05) is 0 Å². The molecule has 134 valence electrons. The number of rotatable bonds is 4. The van der Waals surface area contributed by atoms with Crippen molar-refractivity contribution in [3.05, 3.63) is 74.5 Å². The van der Waals surface area contributed by atoms with Crippen LogP contribution >= 0.6 is 23.4 Å². The number of amides is 1. The Morgan fingerprint density at radius 3 is 2.73 bits per heavy atom. The molecule has 3 rings (SSSR count). The highest BCUT2D eigenvalue weighted by Gasteiger charge is 2.30. The lowest BCUT2D eigenvalue weighted by Gasteiger charge is -2.18. The molecule has 0 radical (unpaired) electrons. The van der Waals surface area contributed by atoms with E-state index in [0.29, 0.717) is 24.0 Å². The van der Waals surface area contributed by atoms with E-state index < -0.39 is 10.8 Å². The molecule has 2 aromatic rings. The molecule has 6 nitrogen and oxygen atoms in total. The van der Waals surface area contributed by atoms with Crippen molar-refractivity contribution in [3.63, 3.8) is 0 Å². The molecule has 1 amide bonds. The van der Waals surface area contributed by atoms with E-state index >= 15 is 0 Å². The lowest BCUT2D eigenvalue weighted by atomic mass is 10.1. The molecule has 0 atom stereocenters. The number of nitrogens with zero attached hydrogens (tertiary/aromatic N) is 3. The first-order chi connectivity index (χ1) is 12.5. The van der Waals surface area contributed by atoms with Crippen LogP contribution in [-0.2, 0) is 5.75 Å². The van der Waals surface area contributed by atoms with Gasteiger partial charge in [0.1, 0.15) is 11.4 Å². The van der Waals surface area contributed by atoms with E-state index in [-0.39, 0.29) is 22.1 Å². The smallest absolute Gasteiger partial charge is 0.282 e. The molecule has 0 N–H and O–H groups in total. The van der Waals surface area contributed by atoms with Gasteiger partial charge in [-0.15, -0.1) is 0 Å². The zero-order chi connectivity index (χ0) is 18.7. The van der Waals surface area contributed by atoms with Crippen molar-refractivity contribution >= 4 is 40.1 Å². The first-order valence-electron chi connectivity index (χ1n) is 7.63. The van der Waals surface area contributed by atoms with E-state index in [1.54, 1.807) is 12.1 Å². The summed E-state index contributed by atoms with van der Waals surface area (Å²) in [5.41, 5.74) is 0.515. The van der Waals surface area contributed by atoms with Crippen LogP contribution in [-0.4, -0.2) is 34.0 Å². The fourth-order valence-electron chi connectivity index (χ4n) is 2.45. The Balaban J connectivity index is 1.77.